The number of rotatable bonds is 5. The Bertz CT molecular complexity index is 496. The predicted molar refractivity (Wildman–Crippen MR) is 71.5 cm³/mol. The molecule has 0 aliphatic heterocycles. The summed E-state index contributed by atoms with van der Waals surface area (Å²) >= 11 is 6.21. The van der Waals surface area contributed by atoms with E-state index in [9.17, 15) is 9.90 Å². The molecule has 6 heteroatoms. The van der Waals surface area contributed by atoms with Gasteiger partial charge < -0.3 is 19.7 Å². The largest absolute Gasteiger partial charge is 0.507 e. The smallest absolute Gasteiger partial charge is 0.304 e. The number of hydrogen-bond acceptors (Lipinski definition) is 4. The SMILES string of the molecule is COc1cc(O)c(C(C)(C)CC(=O)O)c(Cl)c1OC. The van der Waals surface area contributed by atoms with Crippen molar-refractivity contribution in [1.29, 1.82) is 0 Å². The van der Waals surface area contributed by atoms with Crippen LogP contribution >= 0.6 is 11.6 Å². The first-order chi connectivity index (χ1) is 8.74. The van der Waals surface area contributed by atoms with Crippen molar-refractivity contribution >= 4 is 17.6 Å². The molecule has 0 heterocycles. The molecule has 0 aliphatic carbocycles. The molecule has 0 radical (unpaired) electrons. The van der Waals surface area contributed by atoms with Crippen molar-refractivity contribution in [1.82, 2.24) is 0 Å². The van der Waals surface area contributed by atoms with E-state index in [0.29, 0.717) is 11.3 Å². The molecule has 2 N–H and O–H groups in total. The van der Waals surface area contributed by atoms with Gasteiger partial charge in [-0.15, -0.1) is 0 Å². The molecule has 0 atom stereocenters. The zero-order valence-corrected chi connectivity index (χ0v) is 12.0. The fourth-order valence-electron chi connectivity index (χ4n) is 2.05. The lowest BCUT2D eigenvalue weighted by molar-refractivity contribution is -0.138. The van der Waals surface area contributed by atoms with Crippen LogP contribution in [0.4, 0.5) is 0 Å². The van der Waals surface area contributed by atoms with E-state index in [1.54, 1.807) is 13.8 Å². The minimum absolute atomic E-state index is 0.117. The van der Waals surface area contributed by atoms with Gasteiger partial charge in [0.1, 0.15) is 5.75 Å². The van der Waals surface area contributed by atoms with Crippen LogP contribution in [0.3, 0.4) is 0 Å². The van der Waals surface area contributed by atoms with Crippen LogP contribution in [0.1, 0.15) is 25.8 Å². The molecule has 0 bridgehead atoms. The Hall–Kier alpha value is -1.62. The van der Waals surface area contributed by atoms with Gasteiger partial charge in [-0.2, -0.15) is 0 Å². The summed E-state index contributed by atoms with van der Waals surface area (Å²) in [6, 6.07) is 1.36. The van der Waals surface area contributed by atoms with Gasteiger partial charge in [-0.1, -0.05) is 25.4 Å². The molecule has 106 valence electrons. The first kappa shape index (κ1) is 15.4. The van der Waals surface area contributed by atoms with Crippen molar-refractivity contribution in [3.63, 3.8) is 0 Å². The van der Waals surface area contributed by atoms with Crippen LogP contribution in [0.15, 0.2) is 6.07 Å². The van der Waals surface area contributed by atoms with Gasteiger partial charge >= 0.3 is 5.97 Å². The van der Waals surface area contributed by atoms with Gasteiger partial charge in [0.25, 0.3) is 0 Å². The molecule has 0 amide bonds. The van der Waals surface area contributed by atoms with E-state index in [-0.39, 0.29) is 22.9 Å². The average Bonchev–Trinajstić information content (AvgIpc) is 2.25. The van der Waals surface area contributed by atoms with E-state index in [2.05, 4.69) is 0 Å². The van der Waals surface area contributed by atoms with Crippen LogP contribution in [0.25, 0.3) is 0 Å². The second kappa shape index (κ2) is 5.57. The fraction of sp³-hybridized carbons (Fsp3) is 0.462. The van der Waals surface area contributed by atoms with Crippen LogP contribution in [-0.4, -0.2) is 30.4 Å². The third kappa shape index (κ3) is 3.04. The highest BCUT2D eigenvalue weighted by molar-refractivity contribution is 6.33. The first-order valence-electron chi connectivity index (χ1n) is 5.60. The van der Waals surface area contributed by atoms with Crippen LogP contribution < -0.4 is 9.47 Å². The summed E-state index contributed by atoms with van der Waals surface area (Å²) in [5, 5.41) is 19.2. The van der Waals surface area contributed by atoms with E-state index in [0.717, 1.165) is 0 Å². The van der Waals surface area contributed by atoms with Crippen molar-refractivity contribution in [3.8, 4) is 17.2 Å². The summed E-state index contributed by atoms with van der Waals surface area (Å²) in [4.78, 5) is 10.9. The lowest BCUT2D eigenvalue weighted by Crippen LogP contribution is -2.22. The van der Waals surface area contributed by atoms with Crippen LogP contribution in [0.2, 0.25) is 5.02 Å². The van der Waals surface area contributed by atoms with Gasteiger partial charge in [-0.05, 0) is 0 Å². The third-order valence-corrected chi connectivity index (χ3v) is 3.22. The highest BCUT2D eigenvalue weighted by atomic mass is 35.5. The van der Waals surface area contributed by atoms with Crippen LogP contribution in [0, 0.1) is 0 Å². The fourth-order valence-corrected chi connectivity index (χ4v) is 2.57. The zero-order chi connectivity index (χ0) is 14.8. The molecule has 0 unspecified atom stereocenters. The van der Waals surface area contributed by atoms with Gasteiger partial charge in [0.2, 0.25) is 0 Å². The molecule has 0 fully saturated rings. The molecule has 0 saturated heterocycles. The van der Waals surface area contributed by atoms with Gasteiger partial charge in [-0.3, -0.25) is 4.79 Å². The molecule has 1 rings (SSSR count). The number of phenols is 1. The maximum absolute atomic E-state index is 10.9. The Morgan fingerprint density at radius 3 is 2.37 bits per heavy atom. The summed E-state index contributed by atoms with van der Waals surface area (Å²) < 4.78 is 10.2. The number of carboxylic acids is 1. The first-order valence-corrected chi connectivity index (χ1v) is 5.98. The summed E-state index contributed by atoms with van der Waals surface area (Å²) in [5.41, 5.74) is -0.513. The highest BCUT2D eigenvalue weighted by Gasteiger charge is 2.32. The number of aliphatic carboxylic acids is 1. The standard InChI is InChI=1S/C13H17ClO5/c1-13(2,6-9(16)17)10-7(15)5-8(18-3)12(19-4)11(10)14/h5,15H,6H2,1-4H3,(H,16,17). The maximum atomic E-state index is 10.9. The minimum atomic E-state index is -0.977. The molecule has 0 aromatic heterocycles. The molecule has 1 aromatic carbocycles. The minimum Gasteiger partial charge on any atom is -0.507 e. The Morgan fingerprint density at radius 1 is 1.37 bits per heavy atom. The molecular weight excluding hydrogens is 272 g/mol. The number of halogens is 1. The third-order valence-electron chi connectivity index (χ3n) is 2.86. The summed E-state index contributed by atoms with van der Waals surface area (Å²) in [5.74, 6) is -0.528. The van der Waals surface area contributed by atoms with Crippen molar-refractivity contribution in [2.45, 2.75) is 25.7 Å². The van der Waals surface area contributed by atoms with E-state index in [1.807, 2.05) is 0 Å². The normalized spacial score (nSPS) is 11.2. The number of ether oxygens (including phenoxy) is 2. The van der Waals surface area contributed by atoms with Gasteiger partial charge in [0.15, 0.2) is 11.5 Å². The number of benzene rings is 1. The van der Waals surface area contributed by atoms with E-state index in [1.165, 1.54) is 20.3 Å². The Kier molecular flexibility index (Phi) is 4.52. The Labute approximate surface area is 116 Å². The summed E-state index contributed by atoms with van der Waals surface area (Å²) in [7, 11) is 2.85. The van der Waals surface area contributed by atoms with Crippen molar-refractivity contribution < 1.29 is 24.5 Å². The average molecular weight is 289 g/mol. The molecule has 0 aliphatic rings. The second-order valence-electron chi connectivity index (χ2n) is 4.77. The molecule has 19 heavy (non-hydrogen) atoms. The molecule has 5 nitrogen and oxygen atoms in total. The zero-order valence-electron chi connectivity index (χ0n) is 11.3. The topological polar surface area (TPSA) is 76.0 Å². The quantitative estimate of drug-likeness (QED) is 0.871. The van der Waals surface area contributed by atoms with Crippen LogP contribution in [0.5, 0.6) is 17.2 Å². The second-order valence-corrected chi connectivity index (χ2v) is 5.15. The van der Waals surface area contributed by atoms with Crippen molar-refractivity contribution in [3.05, 3.63) is 16.7 Å². The monoisotopic (exact) mass is 288 g/mol. The van der Waals surface area contributed by atoms with E-state index < -0.39 is 11.4 Å². The van der Waals surface area contributed by atoms with Crippen LogP contribution in [-0.2, 0) is 10.2 Å². The maximum Gasteiger partial charge on any atom is 0.304 e. The molecular formula is C13H17ClO5. The van der Waals surface area contributed by atoms with Gasteiger partial charge in [-0.25, -0.2) is 0 Å². The number of hydrogen-bond donors (Lipinski definition) is 2. The number of carboxylic acid groups (broad SMARTS) is 1. The Balaban J connectivity index is 3.48. The lowest BCUT2D eigenvalue weighted by Gasteiger charge is -2.26. The number of aromatic hydroxyl groups is 1. The van der Waals surface area contributed by atoms with Gasteiger partial charge in [0, 0.05) is 17.0 Å². The number of carbonyl (C=O) groups is 1. The molecule has 0 saturated carbocycles. The Morgan fingerprint density at radius 2 is 1.95 bits per heavy atom. The summed E-state index contributed by atoms with van der Waals surface area (Å²) in [6.45, 7) is 3.38. The number of methoxy groups -OCH3 is 2. The molecule has 0 spiro atoms. The van der Waals surface area contributed by atoms with E-state index >= 15 is 0 Å². The lowest BCUT2D eigenvalue weighted by atomic mass is 9.80. The van der Waals surface area contributed by atoms with Crippen molar-refractivity contribution in [2.75, 3.05) is 14.2 Å². The highest BCUT2D eigenvalue weighted by Crippen LogP contribution is 2.48. The van der Waals surface area contributed by atoms with Crippen molar-refractivity contribution in [2.24, 2.45) is 0 Å². The summed E-state index contributed by atoms with van der Waals surface area (Å²) in [6.07, 6.45) is -0.171. The van der Waals surface area contributed by atoms with E-state index in [4.69, 9.17) is 26.2 Å². The number of phenolic OH excluding ortho intramolecular Hbond substituents is 1. The predicted octanol–water partition coefficient (Wildman–Crippen LogP) is 2.82. The van der Waals surface area contributed by atoms with Gasteiger partial charge in [0.05, 0.1) is 25.7 Å². The molecule has 1 aromatic rings.